The molecule has 2 nitrogen and oxygen atoms in total. The average Bonchev–Trinajstić information content (AvgIpc) is 2.17. The summed E-state index contributed by atoms with van der Waals surface area (Å²) in [6, 6.07) is 0. The highest BCUT2D eigenvalue weighted by Crippen LogP contribution is 2.14. The number of rotatable bonds is 7. The minimum atomic E-state index is -0.551. The van der Waals surface area contributed by atoms with Crippen LogP contribution in [0.4, 0.5) is 0 Å². The van der Waals surface area contributed by atoms with Crippen LogP contribution in [0.5, 0.6) is 0 Å². The van der Waals surface area contributed by atoms with E-state index in [0.717, 1.165) is 12.3 Å². The Bertz CT molecular complexity index is 213. The maximum absolute atomic E-state index is 10.6. The molecule has 0 rings (SSSR count). The van der Waals surface area contributed by atoms with Gasteiger partial charge in [-0.15, -0.1) is 6.42 Å². The molecule has 1 atom stereocenters. The number of terminal acetylenes is 1. The van der Waals surface area contributed by atoms with Crippen LogP contribution in [-0.4, -0.2) is 12.6 Å². The molecule has 86 valence electrons. The Morgan fingerprint density at radius 2 is 1.93 bits per heavy atom. The molecule has 0 aliphatic carbocycles. The summed E-state index contributed by atoms with van der Waals surface area (Å²) in [5.41, 5.74) is 0. The van der Waals surface area contributed by atoms with Gasteiger partial charge in [0.05, 0.1) is 6.61 Å². The fraction of sp³-hybridized carbons (Fsp3) is 0.769. The fourth-order valence-electron chi connectivity index (χ4n) is 1.41. The molecule has 0 spiro atoms. The molecule has 0 bridgehead atoms. The van der Waals surface area contributed by atoms with Crippen molar-refractivity contribution >= 4 is 5.97 Å². The van der Waals surface area contributed by atoms with Gasteiger partial charge in [-0.2, -0.15) is 0 Å². The van der Waals surface area contributed by atoms with Crippen LogP contribution in [0, 0.1) is 24.2 Å². The molecule has 0 amide bonds. The number of ether oxygens (including phenoxy) is 1. The lowest BCUT2D eigenvalue weighted by atomic mass is 9.98. The normalized spacial score (nSPS) is 12.2. The quantitative estimate of drug-likeness (QED) is 0.367. The number of esters is 1. The Balaban J connectivity index is 3.38. The smallest absolute Gasteiger partial charge is 0.384 e. The van der Waals surface area contributed by atoms with Crippen LogP contribution in [0.25, 0.3) is 0 Å². The van der Waals surface area contributed by atoms with Crippen LogP contribution in [0.15, 0.2) is 0 Å². The maximum Gasteiger partial charge on any atom is 0.384 e. The summed E-state index contributed by atoms with van der Waals surface area (Å²) in [6.45, 7) is 7.11. The highest BCUT2D eigenvalue weighted by Gasteiger charge is 2.04. The van der Waals surface area contributed by atoms with Crippen LogP contribution in [0.2, 0.25) is 0 Å². The molecule has 0 saturated carbocycles. The Kier molecular flexibility index (Phi) is 7.81. The van der Waals surface area contributed by atoms with E-state index in [1.54, 1.807) is 0 Å². The van der Waals surface area contributed by atoms with Crippen molar-refractivity contribution < 1.29 is 9.53 Å². The van der Waals surface area contributed by atoms with E-state index in [2.05, 4.69) is 20.8 Å². The second-order valence-electron chi connectivity index (χ2n) is 4.50. The Morgan fingerprint density at radius 3 is 2.47 bits per heavy atom. The van der Waals surface area contributed by atoms with Crippen LogP contribution in [0.1, 0.15) is 46.5 Å². The zero-order valence-corrected chi connectivity index (χ0v) is 10.1. The van der Waals surface area contributed by atoms with Gasteiger partial charge in [0.25, 0.3) is 0 Å². The van der Waals surface area contributed by atoms with Crippen LogP contribution in [-0.2, 0) is 9.53 Å². The first kappa shape index (κ1) is 14.0. The van der Waals surface area contributed by atoms with Crippen molar-refractivity contribution in [2.45, 2.75) is 46.5 Å². The van der Waals surface area contributed by atoms with Gasteiger partial charge in [-0.1, -0.05) is 40.0 Å². The predicted octanol–water partition coefficient (Wildman–Crippen LogP) is 3.02. The van der Waals surface area contributed by atoms with E-state index in [-0.39, 0.29) is 0 Å². The molecule has 0 aromatic rings. The summed E-state index contributed by atoms with van der Waals surface area (Å²) in [5.74, 6) is 2.76. The van der Waals surface area contributed by atoms with E-state index in [0.29, 0.717) is 12.5 Å². The van der Waals surface area contributed by atoms with Gasteiger partial charge in [0.2, 0.25) is 0 Å². The molecule has 2 heteroatoms. The van der Waals surface area contributed by atoms with Crippen molar-refractivity contribution in [3.05, 3.63) is 0 Å². The van der Waals surface area contributed by atoms with Gasteiger partial charge in [-0.3, -0.25) is 0 Å². The van der Waals surface area contributed by atoms with Crippen molar-refractivity contribution in [3.63, 3.8) is 0 Å². The molecule has 0 aromatic carbocycles. The minimum Gasteiger partial charge on any atom is -0.456 e. The standard InChI is InChI=1S/C13H22O2/c1-5-13(14)15-10-9-12(4)8-6-7-11(2)3/h1,11-12H,6-10H2,2-4H3/t12-/m0/s1. The summed E-state index contributed by atoms with van der Waals surface area (Å²) in [6.07, 6.45) is 9.51. The van der Waals surface area contributed by atoms with Gasteiger partial charge in [0.15, 0.2) is 0 Å². The molecule has 15 heavy (non-hydrogen) atoms. The first-order valence-corrected chi connectivity index (χ1v) is 5.69. The SMILES string of the molecule is C#CC(=O)OCC[C@@H](C)CCCC(C)C. The minimum absolute atomic E-state index is 0.450. The molecule has 0 N–H and O–H groups in total. The monoisotopic (exact) mass is 210 g/mol. The van der Waals surface area contributed by atoms with E-state index < -0.39 is 5.97 Å². The van der Waals surface area contributed by atoms with E-state index >= 15 is 0 Å². The Labute approximate surface area is 93.4 Å². The first-order chi connectivity index (χ1) is 7.06. The largest absolute Gasteiger partial charge is 0.456 e. The molecule has 0 radical (unpaired) electrons. The highest BCUT2D eigenvalue weighted by atomic mass is 16.5. The number of carbonyl (C=O) groups excluding carboxylic acids is 1. The van der Waals surface area contributed by atoms with Gasteiger partial charge >= 0.3 is 5.97 Å². The molecular formula is C13H22O2. The first-order valence-electron chi connectivity index (χ1n) is 5.69. The third kappa shape index (κ3) is 9.34. The molecule has 0 fully saturated rings. The number of hydrogen-bond donors (Lipinski definition) is 0. The number of hydrogen-bond acceptors (Lipinski definition) is 2. The lowest BCUT2D eigenvalue weighted by molar-refractivity contribution is -0.137. The van der Waals surface area contributed by atoms with E-state index in [4.69, 9.17) is 11.2 Å². The van der Waals surface area contributed by atoms with Crippen molar-refractivity contribution in [2.75, 3.05) is 6.61 Å². The summed E-state index contributed by atoms with van der Waals surface area (Å²) in [4.78, 5) is 10.6. The van der Waals surface area contributed by atoms with E-state index in [1.165, 1.54) is 19.3 Å². The number of carbonyl (C=O) groups is 1. The van der Waals surface area contributed by atoms with Crippen LogP contribution in [0.3, 0.4) is 0 Å². The highest BCUT2D eigenvalue weighted by molar-refractivity contribution is 5.87. The summed E-state index contributed by atoms with van der Waals surface area (Å²) in [7, 11) is 0. The third-order valence-electron chi connectivity index (χ3n) is 2.44. The average molecular weight is 210 g/mol. The zero-order chi connectivity index (χ0) is 11.7. The van der Waals surface area contributed by atoms with Crippen LogP contribution >= 0.6 is 0 Å². The molecule has 0 unspecified atom stereocenters. The fourth-order valence-corrected chi connectivity index (χ4v) is 1.41. The molecular weight excluding hydrogens is 188 g/mol. The third-order valence-corrected chi connectivity index (χ3v) is 2.44. The lowest BCUT2D eigenvalue weighted by Crippen LogP contribution is -2.06. The van der Waals surface area contributed by atoms with Gasteiger partial charge in [0, 0.05) is 5.92 Å². The lowest BCUT2D eigenvalue weighted by Gasteiger charge is -2.11. The van der Waals surface area contributed by atoms with Crippen molar-refractivity contribution in [2.24, 2.45) is 11.8 Å². The second-order valence-corrected chi connectivity index (χ2v) is 4.50. The van der Waals surface area contributed by atoms with Gasteiger partial charge in [-0.25, -0.2) is 4.79 Å². The van der Waals surface area contributed by atoms with E-state index in [1.807, 2.05) is 5.92 Å². The van der Waals surface area contributed by atoms with Crippen molar-refractivity contribution in [1.82, 2.24) is 0 Å². The van der Waals surface area contributed by atoms with E-state index in [9.17, 15) is 4.79 Å². The Morgan fingerprint density at radius 1 is 1.27 bits per heavy atom. The topological polar surface area (TPSA) is 26.3 Å². The zero-order valence-electron chi connectivity index (χ0n) is 10.1. The summed E-state index contributed by atoms with van der Waals surface area (Å²) >= 11 is 0. The summed E-state index contributed by atoms with van der Waals surface area (Å²) in [5, 5.41) is 0. The predicted molar refractivity (Wildman–Crippen MR) is 62.3 cm³/mol. The molecule has 0 saturated heterocycles. The molecule has 0 heterocycles. The molecule has 0 aromatic heterocycles. The van der Waals surface area contributed by atoms with Gasteiger partial charge in [-0.05, 0) is 18.3 Å². The molecule has 0 aliphatic rings. The summed E-state index contributed by atoms with van der Waals surface area (Å²) < 4.78 is 4.81. The van der Waals surface area contributed by atoms with Crippen molar-refractivity contribution in [1.29, 1.82) is 0 Å². The van der Waals surface area contributed by atoms with Gasteiger partial charge < -0.3 is 4.74 Å². The second kappa shape index (κ2) is 8.35. The van der Waals surface area contributed by atoms with Crippen molar-refractivity contribution in [3.8, 4) is 12.3 Å². The molecule has 0 aliphatic heterocycles. The maximum atomic E-state index is 10.6. The van der Waals surface area contributed by atoms with Gasteiger partial charge in [0.1, 0.15) is 0 Å². The van der Waals surface area contributed by atoms with Crippen LogP contribution < -0.4 is 0 Å². The Hall–Kier alpha value is -0.970.